The van der Waals surface area contributed by atoms with Gasteiger partial charge in [0.15, 0.2) is 0 Å². The molecule has 0 atom stereocenters. The van der Waals surface area contributed by atoms with Crippen LogP contribution in [0.5, 0.6) is 0 Å². The highest BCUT2D eigenvalue weighted by Gasteiger charge is 2.31. The van der Waals surface area contributed by atoms with E-state index in [0.29, 0.717) is 5.69 Å². The molecule has 0 aliphatic rings. The van der Waals surface area contributed by atoms with Gasteiger partial charge in [-0.15, -0.1) is 0 Å². The number of anilines is 1. The van der Waals surface area contributed by atoms with E-state index in [1.807, 2.05) is 0 Å². The van der Waals surface area contributed by atoms with Gasteiger partial charge in [-0.25, -0.2) is 8.42 Å². The predicted octanol–water partition coefficient (Wildman–Crippen LogP) is 1.82. The fraction of sp³-hybridized carbons (Fsp3) is 0.417. The van der Waals surface area contributed by atoms with E-state index < -0.39 is 21.6 Å². The van der Waals surface area contributed by atoms with Gasteiger partial charge >= 0.3 is 6.18 Å². The number of nitrogens with zero attached hydrogens (tertiary/aromatic N) is 1. The molecule has 1 rings (SSSR count). The molecule has 0 heterocycles. The summed E-state index contributed by atoms with van der Waals surface area (Å²) in [7, 11) is -1.61. The predicted molar refractivity (Wildman–Crippen MR) is 80.3 cm³/mol. The maximum atomic E-state index is 12.7. The van der Waals surface area contributed by atoms with E-state index in [-0.39, 0.29) is 22.8 Å². The molecule has 0 saturated heterocycles. The summed E-state index contributed by atoms with van der Waals surface area (Å²) in [5, 5.41) is 0. The maximum Gasteiger partial charge on any atom is 0.416 e. The number of thiocarbonyl (C=S) groups is 1. The third-order valence-electron chi connectivity index (χ3n) is 2.80. The van der Waals surface area contributed by atoms with E-state index >= 15 is 0 Å². The van der Waals surface area contributed by atoms with Crippen LogP contribution >= 0.6 is 12.2 Å². The summed E-state index contributed by atoms with van der Waals surface area (Å²) in [6, 6.07) is 3.02. The molecular formula is C12H15F3N2O2S2. The zero-order valence-electron chi connectivity index (χ0n) is 11.4. The van der Waals surface area contributed by atoms with E-state index in [0.717, 1.165) is 18.4 Å². The van der Waals surface area contributed by atoms with Crippen LogP contribution < -0.4 is 10.6 Å². The van der Waals surface area contributed by atoms with Gasteiger partial charge in [-0.3, -0.25) is 0 Å². The van der Waals surface area contributed by atoms with Crippen molar-refractivity contribution in [3.8, 4) is 0 Å². The third kappa shape index (κ3) is 5.16. The summed E-state index contributed by atoms with van der Waals surface area (Å²) in [5.74, 6) is -0.124. The third-order valence-corrected chi connectivity index (χ3v) is 3.94. The fourth-order valence-electron chi connectivity index (χ4n) is 1.67. The number of benzene rings is 1. The Labute approximate surface area is 126 Å². The van der Waals surface area contributed by atoms with Crippen LogP contribution in [0.3, 0.4) is 0 Å². The maximum absolute atomic E-state index is 12.7. The van der Waals surface area contributed by atoms with Gasteiger partial charge in [0.25, 0.3) is 0 Å². The average molecular weight is 340 g/mol. The summed E-state index contributed by atoms with van der Waals surface area (Å²) >= 11 is 4.77. The Bertz CT molecular complexity index is 642. The molecule has 0 aliphatic heterocycles. The lowest BCUT2D eigenvalue weighted by atomic mass is 10.1. The molecule has 1 aromatic rings. The zero-order chi connectivity index (χ0) is 16.4. The van der Waals surface area contributed by atoms with Crippen molar-refractivity contribution in [2.24, 2.45) is 5.73 Å². The molecule has 0 aromatic heterocycles. The Morgan fingerprint density at radius 2 is 1.95 bits per heavy atom. The summed E-state index contributed by atoms with van der Waals surface area (Å²) in [6.07, 6.45) is -3.41. The minimum atomic E-state index is -4.50. The smallest absolute Gasteiger partial charge is 0.389 e. The molecule has 0 saturated carbocycles. The van der Waals surface area contributed by atoms with Crippen molar-refractivity contribution >= 4 is 32.7 Å². The van der Waals surface area contributed by atoms with Crippen LogP contribution in [0.25, 0.3) is 0 Å². The molecule has 0 radical (unpaired) electrons. The molecule has 0 fully saturated rings. The van der Waals surface area contributed by atoms with E-state index in [4.69, 9.17) is 18.0 Å². The molecule has 0 aliphatic carbocycles. The second-order valence-electron chi connectivity index (χ2n) is 4.65. The number of hydrogen-bond acceptors (Lipinski definition) is 4. The number of rotatable bonds is 5. The number of alkyl halides is 3. The van der Waals surface area contributed by atoms with Gasteiger partial charge in [-0.1, -0.05) is 12.2 Å². The molecule has 21 heavy (non-hydrogen) atoms. The van der Waals surface area contributed by atoms with Crippen molar-refractivity contribution in [2.45, 2.75) is 6.18 Å². The Morgan fingerprint density at radius 3 is 2.38 bits per heavy atom. The average Bonchev–Trinajstić information content (AvgIpc) is 2.33. The van der Waals surface area contributed by atoms with Gasteiger partial charge in [-0.2, -0.15) is 13.2 Å². The first-order valence-corrected chi connectivity index (χ1v) is 8.28. The fourth-order valence-corrected chi connectivity index (χ4v) is 2.43. The molecule has 2 N–H and O–H groups in total. The van der Waals surface area contributed by atoms with Crippen LogP contribution in [-0.4, -0.2) is 39.0 Å². The Kier molecular flexibility index (Phi) is 5.21. The number of halogens is 3. The highest BCUT2D eigenvalue weighted by atomic mass is 32.2. The molecule has 0 amide bonds. The SMILES string of the molecule is CN(CCS(C)(=O)=O)c1ccc(C(F)(F)F)cc1C(N)=S. The summed E-state index contributed by atoms with van der Waals surface area (Å²) in [4.78, 5) is 1.33. The lowest BCUT2D eigenvalue weighted by molar-refractivity contribution is -0.137. The molecule has 4 nitrogen and oxygen atoms in total. The zero-order valence-corrected chi connectivity index (χ0v) is 13.1. The molecule has 0 unspecified atom stereocenters. The van der Waals surface area contributed by atoms with E-state index in [1.54, 1.807) is 7.05 Å². The van der Waals surface area contributed by atoms with Crippen molar-refractivity contribution in [1.82, 2.24) is 0 Å². The van der Waals surface area contributed by atoms with Crippen molar-refractivity contribution in [3.63, 3.8) is 0 Å². The van der Waals surface area contributed by atoms with E-state index in [1.165, 1.54) is 11.0 Å². The first-order chi connectivity index (χ1) is 9.42. The molecular weight excluding hydrogens is 325 g/mol. The van der Waals surface area contributed by atoms with Gasteiger partial charge < -0.3 is 10.6 Å². The second kappa shape index (κ2) is 6.18. The number of nitrogens with two attached hydrogens (primary N) is 1. The molecule has 1 aromatic carbocycles. The molecule has 0 bridgehead atoms. The van der Waals surface area contributed by atoms with Gasteiger partial charge in [0, 0.05) is 31.1 Å². The monoisotopic (exact) mass is 340 g/mol. The van der Waals surface area contributed by atoms with Crippen LogP contribution in [0, 0.1) is 0 Å². The van der Waals surface area contributed by atoms with Crippen LogP contribution in [-0.2, 0) is 16.0 Å². The van der Waals surface area contributed by atoms with Crippen molar-refractivity contribution < 1.29 is 21.6 Å². The van der Waals surface area contributed by atoms with Crippen LogP contribution in [0.4, 0.5) is 18.9 Å². The Hall–Kier alpha value is -1.35. The Morgan fingerprint density at radius 1 is 1.38 bits per heavy atom. The van der Waals surface area contributed by atoms with Crippen molar-refractivity contribution in [1.29, 1.82) is 0 Å². The lowest BCUT2D eigenvalue weighted by Crippen LogP contribution is -2.27. The summed E-state index contributed by atoms with van der Waals surface area (Å²) in [5.41, 5.74) is 5.04. The quantitative estimate of drug-likeness (QED) is 0.829. The van der Waals surface area contributed by atoms with Crippen molar-refractivity contribution in [2.75, 3.05) is 30.5 Å². The first kappa shape index (κ1) is 17.7. The largest absolute Gasteiger partial charge is 0.416 e. The minimum Gasteiger partial charge on any atom is -0.389 e. The lowest BCUT2D eigenvalue weighted by Gasteiger charge is -2.22. The number of sulfone groups is 1. The highest BCUT2D eigenvalue weighted by Crippen LogP contribution is 2.32. The minimum absolute atomic E-state index is 0.0656. The van der Waals surface area contributed by atoms with Crippen molar-refractivity contribution in [3.05, 3.63) is 29.3 Å². The van der Waals surface area contributed by atoms with Crippen LogP contribution in [0.1, 0.15) is 11.1 Å². The van der Waals surface area contributed by atoms with E-state index in [2.05, 4.69) is 0 Å². The normalized spacial score (nSPS) is 12.2. The van der Waals surface area contributed by atoms with Gasteiger partial charge in [0.05, 0.1) is 11.3 Å². The molecule has 9 heteroatoms. The van der Waals surface area contributed by atoms with Gasteiger partial charge in [-0.05, 0) is 18.2 Å². The first-order valence-electron chi connectivity index (χ1n) is 5.82. The molecule has 118 valence electrons. The molecule has 0 spiro atoms. The van der Waals surface area contributed by atoms with Crippen LogP contribution in [0.15, 0.2) is 18.2 Å². The standard InChI is InChI=1S/C12H15F3N2O2S2/c1-17(5-6-21(2,18)19)10-4-3-8(12(13,14)15)7-9(10)11(16)20/h3-4,7H,5-6H2,1-2H3,(H2,16,20). The highest BCUT2D eigenvalue weighted by molar-refractivity contribution is 7.90. The summed E-state index contributed by atoms with van der Waals surface area (Å²) in [6.45, 7) is 0.125. The van der Waals surface area contributed by atoms with Crippen LogP contribution in [0.2, 0.25) is 0 Å². The Balaban J connectivity index is 3.15. The second-order valence-corrected chi connectivity index (χ2v) is 7.34. The van der Waals surface area contributed by atoms with E-state index in [9.17, 15) is 21.6 Å². The summed E-state index contributed by atoms with van der Waals surface area (Å²) < 4.78 is 60.4. The van der Waals surface area contributed by atoms with Gasteiger partial charge in [0.1, 0.15) is 14.8 Å². The number of hydrogen-bond donors (Lipinski definition) is 1. The topological polar surface area (TPSA) is 63.4 Å². The van der Waals surface area contributed by atoms with Gasteiger partial charge in [0.2, 0.25) is 0 Å².